The molecule has 0 radical (unpaired) electrons. The number of benzene rings is 2. The summed E-state index contributed by atoms with van der Waals surface area (Å²) < 4.78 is 112. The number of likely N-dealkylation sites (tertiary alicyclic amines) is 1. The number of fused-ring (bicyclic) bond motifs is 1. The van der Waals surface area contributed by atoms with E-state index in [-0.39, 0.29) is 65.0 Å². The largest absolute Gasteiger partial charge is 0.444 e. The molecule has 0 spiro atoms. The number of sulfonamides is 2. The zero-order valence-electron chi connectivity index (χ0n) is 27.5. The second-order valence-corrected chi connectivity index (χ2v) is 15.9. The van der Waals surface area contributed by atoms with E-state index in [2.05, 4.69) is 30.3 Å². The number of nitrogens with two attached hydrogens (primary N) is 1. The van der Waals surface area contributed by atoms with E-state index in [0.29, 0.717) is 5.56 Å². The Kier molecular flexibility index (Phi) is 10.4. The van der Waals surface area contributed by atoms with E-state index in [9.17, 15) is 39.2 Å². The predicted octanol–water partition coefficient (Wildman–Crippen LogP) is 4.35. The third-order valence-corrected chi connectivity index (χ3v) is 9.84. The number of rotatable bonds is 10. The van der Waals surface area contributed by atoms with Crippen LogP contribution >= 0.6 is 0 Å². The normalized spacial score (nSPS) is 15.6. The number of nitrogens with one attached hydrogen (secondary N) is 3. The summed E-state index contributed by atoms with van der Waals surface area (Å²) in [6, 6.07) is 11.0. The molecule has 1 atom stereocenters. The van der Waals surface area contributed by atoms with Crippen LogP contribution in [0, 0.1) is 5.82 Å². The second kappa shape index (κ2) is 14.2. The molecule has 0 aliphatic carbocycles. The van der Waals surface area contributed by atoms with Crippen LogP contribution in [0.3, 0.4) is 0 Å². The van der Waals surface area contributed by atoms with Crippen molar-refractivity contribution in [3.05, 3.63) is 66.0 Å². The van der Waals surface area contributed by atoms with E-state index in [4.69, 9.17) is 9.88 Å². The highest BCUT2D eigenvalue weighted by Gasteiger charge is 2.33. The van der Waals surface area contributed by atoms with E-state index >= 15 is 0 Å². The summed E-state index contributed by atoms with van der Waals surface area (Å²) in [6.07, 6.45) is -4.96. The molecule has 3 heterocycles. The fourth-order valence-corrected chi connectivity index (χ4v) is 6.92. The summed E-state index contributed by atoms with van der Waals surface area (Å²) >= 11 is 0. The lowest BCUT2D eigenvalue weighted by atomic mass is 10.1. The first kappa shape index (κ1) is 37.6. The van der Waals surface area contributed by atoms with Gasteiger partial charge in [-0.15, -0.1) is 0 Å². The number of hydrogen-bond acceptors (Lipinski definition) is 11. The predicted molar refractivity (Wildman–Crippen MR) is 179 cm³/mol. The first-order valence-electron chi connectivity index (χ1n) is 15.3. The van der Waals surface area contributed by atoms with Gasteiger partial charge in [-0.2, -0.15) is 18.2 Å². The Hall–Kier alpha value is -4.66. The van der Waals surface area contributed by atoms with Crippen molar-refractivity contribution < 1.29 is 43.9 Å². The lowest BCUT2D eigenvalue weighted by molar-refractivity contribution is -0.115. The molecule has 1 fully saturated rings. The lowest BCUT2D eigenvalue weighted by Gasteiger charge is -2.24. The molecule has 1 aliphatic rings. The first-order valence-corrected chi connectivity index (χ1v) is 18.3. The number of hydrogen-bond donors (Lipinski definition) is 4. The average molecular weight is 755 g/mol. The van der Waals surface area contributed by atoms with Gasteiger partial charge in [0.2, 0.25) is 26.0 Å². The minimum atomic E-state index is -4.62. The number of primary sulfonamides is 1. The fourth-order valence-electron chi connectivity index (χ4n) is 5.04. The maximum Gasteiger partial charge on any atom is 0.410 e. The smallest absolute Gasteiger partial charge is 0.410 e. The summed E-state index contributed by atoms with van der Waals surface area (Å²) in [4.78, 5) is 25.9. The molecule has 1 aliphatic heterocycles. The third kappa shape index (κ3) is 9.78. The molecule has 1 saturated heterocycles. The van der Waals surface area contributed by atoms with Crippen LogP contribution in [-0.4, -0.2) is 80.2 Å². The first-order chi connectivity index (χ1) is 23.7. The average Bonchev–Trinajstić information content (AvgIpc) is 3.49. The van der Waals surface area contributed by atoms with Gasteiger partial charge >= 0.3 is 12.3 Å². The van der Waals surface area contributed by atoms with Crippen molar-refractivity contribution in [1.82, 2.24) is 24.6 Å². The van der Waals surface area contributed by atoms with Crippen LogP contribution in [0.25, 0.3) is 22.3 Å². The summed E-state index contributed by atoms with van der Waals surface area (Å²) in [5, 5.41) is 10.2. The van der Waals surface area contributed by atoms with Crippen LogP contribution in [0.2, 0.25) is 0 Å². The number of alkyl halides is 3. The Morgan fingerprint density at radius 2 is 1.69 bits per heavy atom. The molecule has 1 unspecified atom stereocenters. The molecule has 0 bridgehead atoms. The van der Waals surface area contributed by atoms with Gasteiger partial charge in [0, 0.05) is 31.2 Å². The van der Waals surface area contributed by atoms with Gasteiger partial charge in [-0.05, 0) is 75.2 Å². The van der Waals surface area contributed by atoms with Crippen molar-refractivity contribution in [2.75, 3.05) is 30.3 Å². The Bertz CT molecular complexity index is 2160. The van der Waals surface area contributed by atoms with E-state index in [1.807, 2.05) is 0 Å². The summed E-state index contributed by atoms with van der Waals surface area (Å²) in [5.74, 6) is -1.42. The molecule has 4 aromatic rings. The van der Waals surface area contributed by atoms with Crippen LogP contribution in [0.5, 0.6) is 0 Å². The van der Waals surface area contributed by atoms with Gasteiger partial charge in [-0.3, -0.25) is 0 Å². The number of anilines is 2. The molecule has 51 heavy (non-hydrogen) atoms. The highest BCUT2D eigenvalue weighted by Crippen LogP contribution is 2.29. The van der Waals surface area contributed by atoms with Crippen molar-refractivity contribution in [3.63, 3.8) is 0 Å². The third-order valence-electron chi connectivity index (χ3n) is 7.38. The second-order valence-electron chi connectivity index (χ2n) is 12.6. The molecule has 1 amide bonds. The molecule has 0 saturated carbocycles. The molecular formula is C31H34F4N8O6S2. The zero-order chi connectivity index (χ0) is 37.4. The maximum atomic E-state index is 15.0. The van der Waals surface area contributed by atoms with Gasteiger partial charge in [0.05, 0.1) is 16.1 Å². The Labute approximate surface area is 290 Å². The molecule has 20 heteroatoms. The Morgan fingerprint density at radius 3 is 2.33 bits per heavy atom. The molecular weight excluding hydrogens is 721 g/mol. The van der Waals surface area contributed by atoms with Gasteiger partial charge in [0.1, 0.15) is 28.4 Å². The highest BCUT2D eigenvalue weighted by molar-refractivity contribution is 7.89. The lowest BCUT2D eigenvalue weighted by Crippen LogP contribution is -2.40. The van der Waals surface area contributed by atoms with Crippen LogP contribution in [0.15, 0.2) is 64.4 Å². The molecule has 5 N–H and O–H groups in total. The van der Waals surface area contributed by atoms with Crippen molar-refractivity contribution in [3.8, 4) is 11.3 Å². The van der Waals surface area contributed by atoms with Crippen molar-refractivity contribution in [2.24, 2.45) is 5.14 Å². The molecule has 5 rings (SSSR count). The van der Waals surface area contributed by atoms with Crippen LogP contribution in [0.4, 0.5) is 34.1 Å². The van der Waals surface area contributed by atoms with Gasteiger partial charge in [-0.25, -0.2) is 45.8 Å². The summed E-state index contributed by atoms with van der Waals surface area (Å²) in [6.45, 7) is 3.95. The number of carbonyl (C=O) groups excluding carboxylic acids is 1. The maximum absolute atomic E-state index is 15.0. The number of halogens is 4. The zero-order valence-corrected chi connectivity index (χ0v) is 29.1. The van der Waals surface area contributed by atoms with Gasteiger partial charge < -0.3 is 20.3 Å². The summed E-state index contributed by atoms with van der Waals surface area (Å²) in [7, 11) is -8.35. The minimum absolute atomic E-state index is 0.0110. The Morgan fingerprint density at radius 1 is 0.980 bits per heavy atom. The Balaban J connectivity index is 1.40. The fraction of sp³-hybridized carbons (Fsp3) is 0.355. The van der Waals surface area contributed by atoms with Crippen molar-refractivity contribution in [1.29, 1.82) is 0 Å². The van der Waals surface area contributed by atoms with E-state index in [1.54, 1.807) is 20.8 Å². The van der Waals surface area contributed by atoms with E-state index in [1.165, 1.54) is 47.4 Å². The number of pyridine rings is 1. The monoisotopic (exact) mass is 754 g/mol. The molecule has 274 valence electrons. The van der Waals surface area contributed by atoms with Crippen LogP contribution < -0.4 is 20.5 Å². The van der Waals surface area contributed by atoms with Gasteiger partial charge in [0.15, 0.2) is 5.82 Å². The van der Waals surface area contributed by atoms with Gasteiger partial charge in [0.25, 0.3) is 0 Å². The minimum Gasteiger partial charge on any atom is -0.444 e. The quantitative estimate of drug-likeness (QED) is 0.168. The van der Waals surface area contributed by atoms with E-state index in [0.717, 1.165) is 12.1 Å². The van der Waals surface area contributed by atoms with Crippen LogP contribution in [-0.2, 0) is 31.3 Å². The summed E-state index contributed by atoms with van der Waals surface area (Å²) in [5.41, 5.74) is 0.106. The van der Waals surface area contributed by atoms with Crippen molar-refractivity contribution in [2.45, 2.75) is 61.3 Å². The number of carbonyl (C=O) groups is 1. The van der Waals surface area contributed by atoms with Gasteiger partial charge in [-0.1, -0.05) is 12.1 Å². The number of aromatic nitrogens is 3. The molecule has 2 aromatic carbocycles. The molecule has 14 nitrogen and oxygen atoms in total. The topological polar surface area (TPSA) is 199 Å². The number of ether oxygens (including phenoxy) is 1. The molecule has 2 aromatic heterocycles. The number of amides is 1. The SMILES string of the molecule is CC(C)(C)OC(=O)N1CCC(NS(=O)(=O)c2cc(-c3ccc4nc(NCc5ccc(S(N)(=O)=O)cc5)nc(NCC(F)(F)F)c4n3)ccc2F)C1. The van der Waals surface area contributed by atoms with E-state index < -0.39 is 61.2 Å². The highest BCUT2D eigenvalue weighted by atomic mass is 32.2. The standard InChI is InChI=1S/C31H34F4N8O6S2/c1-30(2,3)49-29(44)43-13-12-20(16-43)42-51(47,48)25-14-19(6-9-22(25)32)23-10-11-24-26(39-23)27(38-17-31(33,34)35)41-28(40-24)37-15-18-4-7-21(8-5-18)50(36,45)46/h4-11,14,20,42H,12-13,15-17H2,1-3H3,(H2,36,45,46)(H2,37,38,40,41). The number of nitrogens with zero attached hydrogens (tertiary/aromatic N) is 4. The van der Waals surface area contributed by atoms with Crippen molar-refractivity contribution >= 4 is 48.9 Å². The van der Waals surface area contributed by atoms with Crippen LogP contribution in [0.1, 0.15) is 32.8 Å².